The lowest BCUT2D eigenvalue weighted by Gasteiger charge is -2.16. The maximum atomic E-state index is 11.9. The molecule has 0 aromatic carbocycles. The van der Waals surface area contributed by atoms with Crippen molar-refractivity contribution in [3.8, 4) is 0 Å². The summed E-state index contributed by atoms with van der Waals surface area (Å²) in [5.41, 5.74) is 0. The number of hydrogen-bond donors (Lipinski definition) is 4. The van der Waals surface area contributed by atoms with Crippen molar-refractivity contribution >= 4 is 119 Å². The minimum atomic E-state index is -4.05. The average Bonchev–Trinajstić information content (AvgIpc) is 3.15. The second-order valence-corrected chi connectivity index (χ2v) is 29.1. The number of unbranched alkanes of at least 4 members (excludes halogenated alkanes) is 4. The molecule has 0 bridgehead atoms. The predicted octanol–water partition coefficient (Wildman–Crippen LogP) is 7.53. The monoisotopic (exact) mass is 1050 g/mol. The molecule has 2 amide bonds. The number of ketones is 2. The topological polar surface area (TPSA) is 201 Å². The number of amides is 2. The number of carbonyl (C=O) groups is 4. The molecular formula is C39H74N2O10S10. The Bertz CT molecular complexity index is 1720. The van der Waals surface area contributed by atoms with Crippen molar-refractivity contribution < 1.29 is 45.1 Å². The third-order valence-corrected chi connectivity index (χ3v) is 20.7. The van der Waals surface area contributed by atoms with E-state index in [1.807, 2.05) is 13.8 Å². The van der Waals surface area contributed by atoms with Gasteiger partial charge in [0.1, 0.15) is 11.6 Å². The maximum absolute atomic E-state index is 11.9. The smallest absolute Gasteiger partial charge is 0.268 e. The number of hydrogen-bond acceptors (Lipinski definition) is 10. The van der Waals surface area contributed by atoms with Crippen LogP contribution in [0.15, 0.2) is 24.8 Å². The van der Waals surface area contributed by atoms with Gasteiger partial charge in [-0.2, -0.15) is 16.8 Å². The lowest BCUT2D eigenvalue weighted by atomic mass is 9.90. The van der Waals surface area contributed by atoms with E-state index in [-0.39, 0.29) is 71.9 Å². The molecule has 360 valence electrons. The van der Waals surface area contributed by atoms with Crippen LogP contribution in [0.5, 0.6) is 0 Å². The molecule has 0 aliphatic heterocycles. The van der Waals surface area contributed by atoms with E-state index in [2.05, 4.69) is 67.3 Å². The Morgan fingerprint density at radius 1 is 0.607 bits per heavy atom. The van der Waals surface area contributed by atoms with Gasteiger partial charge in [0.25, 0.3) is 20.2 Å². The highest BCUT2D eigenvalue weighted by molar-refractivity contribution is 8.70. The summed E-state index contributed by atoms with van der Waals surface area (Å²) >= 11 is 9.21. The van der Waals surface area contributed by atoms with E-state index in [0.29, 0.717) is 31.7 Å². The van der Waals surface area contributed by atoms with E-state index >= 15 is 0 Å². The van der Waals surface area contributed by atoms with Gasteiger partial charge in [-0.05, 0) is 49.9 Å². The molecule has 61 heavy (non-hydrogen) atoms. The molecule has 0 aromatic rings. The van der Waals surface area contributed by atoms with Crippen molar-refractivity contribution in [2.75, 3.05) is 24.6 Å². The molecule has 12 nitrogen and oxygen atoms in total. The van der Waals surface area contributed by atoms with Gasteiger partial charge in [0.2, 0.25) is 11.8 Å². The minimum absolute atomic E-state index is 0.0488. The first kappa shape index (κ1) is 66.9. The van der Waals surface area contributed by atoms with E-state index in [1.54, 1.807) is 61.5 Å². The summed E-state index contributed by atoms with van der Waals surface area (Å²) in [6, 6.07) is 0. The molecule has 1 atom stereocenters. The van der Waals surface area contributed by atoms with Gasteiger partial charge in [-0.1, -0.05) is 106 Å². The van der Waals surface area contributed by atoms with Crippen LogP contribution in [0, 0.1) is 29.6 Å². The van der Waals surface area contributed by atoms with Crippen LogP contribution in [0.2, 0.25) is 0 Å². The first-order valence-corrected chi connectivity index (χ1v) is 33.0. The zero-order valence-corrected chi connectivity index (χ0v) is 45.5. The molecule has 0 heterocycles. The van der Waals surface area contributed by atoms with E-state index in [4.69, 9.17) is 9.11 Å². The van der Waals surface area contributed by atoms with E-state index in [0.717, 1.165) is 37.8 Å². The Hall–Kier alpha value is -0.660. The molecule has 0 aromatic heterocycles. The van der Waals surface area contributed by atoms with Crippen LogP contribution in [0.25, 0.3) is 0 Å². The fourth-order valence-corrected chi connectivity index (χ4v) is 16.6. The molecule has 0 fully saturated rings. The molecule has 0 rings (SSSR count). The number of carbonyl (C=O) groups excluding carboxylic acids is 4. The first-order valence-electron chi connectivity index (χ1n) is 20.4. The van der Waals surface area contributed by atoms with Crippen LogP contribution in [-0.4, -0.2) is 73.9 Å². The Labute approximate surface area is 395 Å². The molecule has 0 aliphatic rings. The zero-order valence-electron chi connectivity index (χ0n) is 37.3. The second-order valence-electron chi connectivity index (χ2n) is 15.4. The van der Waals surface area contributed by atoms with Gasteiger partial charge >= 0.3 is 0 Å². The lowest BCUT2D eigenvalue weighted by molar-refractivity contribution is -0.124. The molecule has 1 unspecified atom stereocenters. The van der Waals surface area contributed by atoms with Crippen molar-refractivity contribution in [2.45, 2.75) is 145 Å². The van der Waals surface area contributed by atoms with Crippen LogP contribution in [0.4, 0.5) is 0 Å². The SMILES string of the molecule is C=CCS(=O)(=O)O.CC(C)CCCCCCCNC(=O)C/C=C/CC(=O)C(C)C.CC(C)CCCNC(=O)CCC(CCS(=O)(=O)O)CC(=O)C(C)C.S=S=S=S=S=S=S=S. The maximum Gasteiger partial charge on any atom is 0.268 e. The molecule has 22 heteroatoms. The van der Waals surface area contributed by atoms with Gasteiger partial charge in [-0.15, -0.1) is 6.58 Å². The van der Waals surface area contributed by atoms with E-state index in [9.17, 15) is 36.0 Å². The molecule has 0 saturated carbocycles. The van der Waals surface area contributed by atoms with Crippen molar-refractivity contribution in [1.29, 1.82) is 0 Å². The predicted molar refractivity (Wildman–Crippen MR) is 275 cm³/mol. The summed E-state index contributed by atoms with van der Waals surface area (Å²) in [5.74, 6) is 0.649. The van der Waals surface area contributed by atoms with Gasteiger partial charge in [-0.25, -0.2) is 0 Å². The van der Waals surface area contributed by atoms with Gasteiger partial charge in [0.05, 0.1) is 11.5 Å². The fourth-order valence-electron chi connectivity index (χ4n) is 4.67. The Kier molecular flexibility index (Phi) is 48.9. The van der Waals surface area contributed by atoms with Gasteiger partial charge in [0, 0.05) is 126 Å². The average molecular weight is 1050 g/mol. The van der Waals surface area contributed by atoms with Crippen LogP contribution in [-0.2, 0) is 115 Å². The van der Waals surface area contributed by atoms with E-state index < -0.39 is 20.2 Å². The highest BCUT2D eigenvalue weighted by Crippen LogP contribution is 2.19. The number of rotatable bonds is 28. The quantitative estimate of drug-likeness (QED) is 0.0342. The summed E-state index contributed by atoms with van der Waals surface area (Å²) in [5, 5.41) is 5.78. The minimum Gasteiger partial charge on any atom is -0.356 e. The molecular weight excluding hydrogens is 977 g/mol. The van der Waals surface area contributed by atoms with Crippen molar-refractivity contribution in [3.63, 3.8) is 0 Å². The van der Waals surface area contributed by atoms with Crippen molar-refractivity contribution in [3.05, 3.63) is 24.8 Å². The summed E-state index contributed by atoms with van der Waals surface area (Å²) in [6.07, 6.45) is 16.1. The van der Waals surface area contributed by atoms with Crippen LogP contribution in [0.3, 0.4) is 0 Å². The Morgan fingerprint density at radius 3 is 1.54 bits per heavy atom. The molecule has 0 saturated heterocycles. The number of nitrogens with one attached hydrogen (secondary N) is 2. The fraction of sp³-hybridized carbons (Fsp3) is 0.795. The highest BCUT2D eigenvalue weighted by atomic mass is 33.4. The molecule has 4 N–H and O–H groups in total. The lowest BCUT2D eigenvalue weighted by Crippen LogP contribution is -2.26. The normalized spacial score (nSPS) is 11.5. The summed E-state index contributed by atoms with van der Waals surface area (Å²) in [7, 11) is 1.28. The molecule has 0 aliphatic carbocycles. The van der Waals surface area contributed by atoms with E-state index in [1.165, 1.54) is 49.9 Å². The summed E-state index contributed by atoms with van der Waals surface area (Å²) in [4.78, 5) is 46.7. The number of allylic oxidation sites excluding steroid dienone is 1. The van der Waals surface area contributed by atoms with Crippen molar-refractivity contribution in [1.82, 2.24) is 10.6 Å². The number of Topliss-reactive ketones (excluding diaryl/α,β-unsaturated/α-hetero) is 2. The second kappa shape index (κ2) is 44.5. The van der Waals surface area contributed by atoms with Gasteiger partial charge in [-0.3, -0.25) is 28.3 Å². The standard InChI is InChI=1S/C19H35NO2.C17H33NO5S.C3H6O3S.S8/c1-16(2)12-8-6-5-7-11-15-20-19(22)14-10-9-13-18(21)17(3)4;1-13(2)6-5-10-18-17(20)8-7-15(9-11-24(21,22)23)12-16(19)14(3)4;1-2-3-7(4,5)6;1-3-5-7-8-6-4-2/h9-10,16-17H,5-8,11-15H2,1-4H3,(H,20,22);13-15H,5-12H2,1-4H3,(H,18,20)(H,21,22,23);2H,1,3H2,(H,4,5,6);/b10-9+;;;. The van der Waals surface area contributed by atoms with Crippen LogP contribution in [0.1, 0.15) is 145 Å². The Balaban J connectivity index is -0.000000400. The van der Waals surface area contributed by atoms with Gasteiger partial charge < -0.3 is 10.6 Å². The summed E-state index contributed by atoms with van der Waals surface area (Å²) in [6.45, 7) is 20.7. The third kappa shape index (κ3) is 61.5. The van der Waals surface area contributed by atoms with Crippen molar-refractivity contribution in [2.24, 2.45) is 29.6 Å². The largest absolute Gasteiger partial charge is 0.356 e. The molecule has 0 spiro atoms. The van der Waals surface area contributed by atoms with Crippen LogP contribution >= 0.6 is 0 Å². The Morgan fingerprint density at radius 2 is 1.08 bits per heavy atom. The van der Waals surface area contributed by atoms with Gasteiger partial charge in [0.15, 0.2) is 0 Å². The van der Waals surface area contributed by atoms with Crippen LogP contribution < -0.4 is 10.6 Å². The highest BCUT2D eigenvalue weighted by Gasteiger charge is 2.20. The summed E-state index contributed by atoms with van der Waals surface area (Å²) < 4.78 is 58.1. The zero-order chi connectivity index (χ0) is 47.7. The first-order chi connectivity index (χ1) is 28.4. The molecule has 0 radical (unpaired) electrons. The third-order valence-electron chi connectivity index (χ3n) is 8.16.